The normalized spacial score (nSPS) is 10.8. The Balaban J connectivity index is 2.27. The van der Waals surface area contributed by atoms with Crippen LogP contribution in [0.2, 0.25) is 0 Å². The molecule has 3 heteroatoms. The van der Waals surface area contributed by atoms with Crippen LogP contribution in [0.25, 0.3) is 0 Å². The average molecular weight is 276 g/mol. The third-order valence-electron chi connectivity index (χ3n) is 3.19. The van der Waals surface area contributed by atoms with Crippen LogP contribution in [-0.2, 0) is 11.2 Å². The van der Waals surface area contributed by atoms with Gasteiger partial charge in [0.2, 0.25) is 5.91 Å². The van der Waals surface area contributed by atoms with Crippen molar-refractivity contribution in [2.24, 2.45) is 0 Å². The zero-order chi connectivity index (χ0) is 14.8. The number of amides is 1. The molecule has 0 unspecified atom stereocenters. The van der Waals surface area contributed by atoms with E-state index >= 15 is 0 Å². The number of anilines is 1. The van der Waals surface area contributed by atoms with E-state index < -0.39 is 0 Å². The second kappa shape index (κ2) is 9.54. The Morgan fingerprint density at radius 3 is 2.45 bits per heavy atom. The standard InChI is InChI=1S/C17H28N2O/c1-4-5-7-15-9-11-16(12-10-15)19-17(20)8-6-13-18-14(2)3/h9-12,14,18H,4-8,13H2,1-3H3,(H,19,20). The zero-order valence-corrected chi connectivity index (χ0v) is 13.0. The fourth-order valence-electron chi connectivity index (χ4n) is 2.00. The van der Waals surface area contributed by atoms with Crippen molar-refractivity contribution in [3.63, 3.8) is 0 Å². The van der Waals surface area contributed by atoms with Crippen molar-refractivity contribution >= 4 is 11.6 Å². The van der Waals surface area contributed by atoms with Crippen LogP contribution in [0, 0.1) is 0 Å². The summed E-state index contributed by atoms with van der Waals surface area (Å²) in [4.78, 5) is 11.8. The minimum Gasteiger partial charge on any atom is -0.326 e. The van der Waals surface area contributed by atoms with Gasteiger partial charge < -0.3 is 10.6 Å². The summed E-state index contributed by atoms with van der Waals surface area (Å²) in [6, 6.07) is 8.68. The number of unbranched alkanes of at least 4 members (excludes halogenated alkanes) is 1. The van der Waals surface area contributed by atoms with Crippen molar-refractivity contribution in [1.29, 1.82) is 0 Å². The van der Waals surface area contributed by atoms with Crippen LogP contribution in [0.5, 0.6) is 0 Å². The molecule has 0 bridgehead atoms. The molecule has 3 nitrogen and oxygen atoms in total. The van der Waals surface area contributed by atoms with Crippen molar-refractivity contribution in [3.05, 3.63) is 29.8 Å². The Kier molecular flexibility index (Phi) is 7.97. The summed E-state index contributed by atoms with van der Waals surface area (Å²) in [5, 5.41) is 6.26. The van der Waals surface area contributed by atoms with Gasteiger partial charge in [-0.3, -0.25) is 4.79 Å². The summed E-state index contributed by atoms with van der Waals surface area (Å²) in [5.74, 6) is 0.0943. The molecule has 112 valence electrons. The van der Waals surface area contributed by atoms with Gasteiger partial charge in [0, 0.05) is 18.2 Å². The Labute approximate surface area is 123 Å². The quantitative estimate of drug-likeness (QED) is 0.674. The molecule has 0 fully saturated rings. The Bertz CT molecular complexity index is 384. The van der Waals surface area contributed by atoms with Crippen LogP contribution in [0.1, 0.15) is 52.0 Å². The highest BCUT2D eigenvalue weighted by Gasteiger charge is 2.02. The smallest absolute Gasteiger partial charge is 0.224 e. The Morgan fingerprint density at radius 1 is 1.15 bits per heavy atom. The van der Waals surface area contributed by atoms with E-state index in [0.717, 1.165) is 25.1 Å². The van der Waals surface area contributed by atoms with Crippen LogP contribution >= 0.6 is 0 Å². The third kappa shape index (κ3) is 7.29. The maximum Gasteiger partial charge on any atom is 0.224 e. The van der Waals surface area contributed by atoms with Crippen LogP contribution in [0.4, 0.5) is 5.69 Å². The molecule has 0 aliphatic heterocycles. The second-order valence-corrected chi connectivity index (χ2v) is 5.56. The van der Waals surface area contributed by atoms with Crippen LogP contribution in [0.15, 0.2) is 24.3 Å². The predicted octanol–water partition coefficient (Wildman–Crippen LogP) is 3.75. The van der Waals surface area contributed by atoms with E-state index in [0.29, 0.717) is 12.5 Å². The first-order chi connectivity index (χ1) is 9.61. The summed E-state index contributed by atoms with van der Waals surface area (Å²) < 4.78 is 0. The van der Waals surface area contributed by atoms with Crippen LogP contribution in [0.3, 0.4) is 0 Å². The monoisotopic (exact) mass is 276 g/mol. The van der Waals surface area contributed by atoms with Gasteiger partial charge >= 0.3 is 0 Å². The highest BCUT2D eigenvalue weighted by atomic mass is 16.1. The summed E-state index contributed by atoms with van der Waals surface area (Å²) in [7, 11) is 0. The lowest BCUT2D eigenvalue weighted by Crippen LogP contribution is -2.24. The number of nitrogens with one attached hydrogen (secondary N) is 2. The molecule has 0 spiro atoms. The van der Waals surface area contributed by atoms with Gasteiger partial charge in [-0.2, -0.15) is 0 Å². The van der Waals surface area contributed by atoms with Crippen LogP contribution in [-0.4, -0.2) is 18.5 Å². The average Bonchev–Trinajstić information content (AvgIpc) is 2.43. The lowest BCUT2D eigenvalue weighted by Gasteiger charge is -2.08. The lowest BCUT2D eigenvalue weighted by atomic mass is 10.1. The first-order valence-electron chi connectivity index (χ1n) is 7.74. The molecular formula is C17H28N2O. The number of hydrogen-bond donors (Lipinski definition) is 2. The fraction of sp³-hybridized carbons (Fsp3) is 0.588. The van der Waals surface area contributed by atoms with E-state index in [1.807, 2.05) is 12.1 Å². The van der Waals surface area contributed by atoms with Gasteiger partial charge in [0.1, 0.15) is 0 Å². The van der Waals surface area contributed by atoms with Gasteiger partial charge in [-0.05, 0) is 43.5 Å². The minimum atomic E-state index is 0.0943. The highest BCUT2D eigenvalue weighted by Crippen LogP contribution is 2.12. The van der Waals surface area contributed by atoms with E-state index in [1.54, 1.807) is 0 Å². The molecule has 1 rings (SSSR count). The predicted molar refractivity (Wildman–Crippen MR) is 86.1 cm³/mol. The first-order valence-corrected chi connectivity index (χ1v) is 7.74. The summed E-state index contributed by atoms with van der Waals surface area (Å²) in [6.45, 7) is 7.31. The van der Waals surface area contributed by atoms with Gasteiger partial charge in [-0.1, -0.05) is 39.3 Å². The van der Waals surface area contributed by atoms with Crippen molar-refractivity contribution < 1.29 is 4.79 Å². The van der Waals surface area contributed by atoms with Gasteiger partial charge in [0.05, 0.1) is 0 Å². The topological polar surface area (TPSA) is 41.1 Å². The molecule has 1 amide bonds. The van der Waals surface area contributed by atoms with Gasteiger partial charge in [0.15, 0.2) is 0 Å². The molecule has 1 aromatic rings. The lowest BCUT2D eigenvalue weighted by molar-refractivity contribution is -0.116. The molecule has 0 radical (unpaired) electrons. The molecular weight excluding hydrogens is 248 g/mol. The molecule has 0 aliphatic carbocycles. The molecule has 1 aromatic carbocycles. The maximum absolute atomic E-state index is 11.8. The van der Waals surface area contributed by atoms with E-state index in [9.17, 15) is 4.79 Å². The highest BCUT2D eigenvalue weighted by molar-refractivity contribution is 5.90. The number of benzene rings is 1. The largest absolute Gasteiger partial charge is 0.326 e. The molecule has 0 saturated carbocycles. The molecule has 0 heterocycles. The Morgan fingerprint density at radius 2 is 1.85 bits per heavy atom. The van der Waals surface area contributed by atoms with E-state index in [4.69, 9.17) is 0 Å². The summed E-state index contributed by atoms with van der Waals surface area (Å²) in [5.41, 5.74) is 2.23. The van der Waals surface area contributed by atoms with E-state index in [2.05, 4.69) is 43.5 Å². The number of carbonyl (C=O) groups is 1. The summed E-state index contributed by atoms with van der Waals surface area (Å²) >= 11 is 0. The maximum atomic E-state index is 11.8. The van der Waals surface area contributed by atoms with E-state index in [1.165, 1.54) is 18.4 Å². The van der Waals surface area contributed by atoms with Gasteiger partial charge in [-0.15, -0.1) is 0 Å². The number of aryl methyl sites for hydroxylation is 1. The number of hydrogen-bond acceptors (Lipinski definition) is 2. The Hall–Kier alpha value is -1.35. The molecule has 0 atom stereocenters. The van der Waals surface area contributed by atoms with E-state index in [-0.39, 0.29) is 5.91 Å². The molecule has 0 aliphatic rings. The summed E-state index contributed by atoms with van der Waals surface area (Å²) in [6.07, 6.45) is 4.99. The minimum absolute atomic E-state index is 0.0943. The van der Waals surface area contributed by atoms with Crippen molar-refractivity contribution in [1.82, 2.24) is 5.32 Å². The number of carbonyl (C=O) groups excluding carboxylic acids is 1. The third-order valence-corrected chi connectivity index (χ3v) is 3.19. The van der Waals surface area contributed by atoms with Crippen molar-refractivity contribution in [2.45, 2.75) is 58.9 Å². The fourth-order valence-corrected chi connectivity index (χ4v) is 2.00. The first kappa shape index (κ1) is 16.7. The van der Waals surface area contributed by atoms with Gasteiger partial charge in [0.25, 0.3) is 0 Å². The second-order valence-electron chi connectivity index (χ2n) is 5.56. The molecule has 20 heavy (non-hydrogen) atoms. The van der Waals surface area contributed by atoms with Crippen LogP contribution < -0.4 is 10.6 Å². The number of rotatable bonds is 9. The molecule has 0 aromatic heterocycles. The molecule has 2 N–H and O–H groups in total. The van der Waals surface area contributed by atoms with Crippen molar-refractivity contribution in [2.75, 3.05) is 11.9 Å². The van der Waals surface area contributed by atoms with Crippen molar-refractivity contribution in [3.8, 4) is 0 Å². The SMILES string of the molecule is CCCCc1ccc(NC(=O)CCCNC(C)C)cc1. The molecule has 0 saturated heterocycles. The zero-order valence-electron chi connectivity index (χ0n) is 13.0. The van der Waals surface area contributed by atoms with Gasteiger partial charge in [-0.25, -0.2) is 0 Å².